The van der Waals surface area contributed by atoms with Crippen LogP contribution >= 0.6 is 11.8 Å². The maximum absolute atomic E-state index is 2.53. The highest BCUT2D eigenvalue weighted by Gasteiger charge is 2.52. The van der Waals surface area contributed by atoms with Gasteiger partial charge in [0.15, 0.2) is 0 Å². The predicted molar refractivity (Wildman–Crippen MR) is 192 cm³/mol. The van der Waals surface area contributed by atoms with Gasteiger partial charge < -0.3 is 0 Å². The molecule has 2 unspecified atom stereocenters. The summed E-state index contributed by atoms with van der Waals surface area (Å²) in [7, 11) is 0. The molecule has 0 radical (unpaired) electrons. The van der Waals surface area contributed by atoms with Crippen molar-refractivity contribution >= 4 is 28.6 Å². The van der Waals surface area contributed by atoms with E-state index in [9.17, 15) is 0 Å². The maximum atomic E-state index is 2.53. The predicted octanol–water partition coefficient (Wildman–Crippen LogP) is 11.9. The maximum Gasteiger partial charge on any atom is 0.0731 e. The van der Waals surface area contributed by atoms with Gasteiger partial charge in [0.25, 0.3) is 0 Å². The van der Waals surface area contributed by atoms with Gasteiger partial charge in [0.05, 0.1) is 5.41 Å². The van der Waals surface area contributed by atoms with Crippen LogP contribution in [0, 0.1) is 0 Å². The number of rotatable bonds is 1. The van der Waals surface area contributed by atoms with E-state index in [0.29, 0.717) is 5.92 Å². The van der Waals surface area contributed by atoms with Crippen molar-refractivity contribution in [3.63, 3.8) is 0 Å². The van der Waals surface area contributed by atoms with Gasteiger partial charge in [-0.1, -0.05) is 139 Å². The molecule has 0 amide bonds. The average molecular weight is 601 g/mol. The Kier molecular flexibility index (Phi) is 4.91. The highest BCUT2D eigenvalue weighted by atomic mass is 32.2. The normalized spacial score (nSPS) is 18.9. The van der Waals surface area contributed by atoms with E-state index >= 15 is 0 Å². The van der Waals surface area contributed by atoms with Crippen molar-refractivity contribution in [2.75, 3.05) is 0 Å². The number of hydrogen-bond donors (Lipinski definition) is 0. The van der Waals surface area contributed by atoms with Gasteiger partial charge in [-0.05, 0) is 114 Å². The zero-order valence-electron chi connectivity index (χ0n) is 25.1. The second-order valence-corrected chi connectivity index (χ2v) is 14.2. The first kappa shape index (κ1) is 25.1. The Morgan fingerprint density at radius 2 is 1.26 bits per heavy atom. The molecule has 46 heavy (non-hydrogen) atoms. The third-order valence-electron chi connectivity index (χ3n) is 11.0. The van der Waals surface area contributed by atoms with Crippen LogP contribution < -0.4 is 0 Å². The summed E-state index contributed by atoms with van der Waals surface area (Å²) in [5.74, 6) is 0.414. The Morgan fingerprint density at radius 3 is 2.15 bits per heavy atom. The summed E-state index contributed by atoms with van der Waals surface area (Å²) in [6, 6.07) is 53.2. The summed E-state index contributed by atoms with van der Waals surface area (Å²) < 4.78 is 0. The van der Waals surface area contributed by atoms with Crippen LogP contribution in [0.4, 0.5) is 0 Å². The fourth-order valence-electron chi connectivity index (χ4n) is 9.21. The molecule has 214 valence electrons. The Bertz CT molecular complexity index is 2480. The molecule has 3 aliphatic carbocycles. The monoisotopic (exact) mass is 600 g/mol. The van der Waals surface area contributed by atoms with Gasteiger partial charge in [-0.15, -0.1) is 0 Å². The first-order valence-electron chi connectivity index (χ1n) is 16.3. The van der Waals surface area contributed by atoms with Crippen LogP contribution in [0.2, 0.25) is 0 Å². The molecule has 11 rings (SSSR count). The molecule has 0 bridgehead atoms. The van der Waals surface area contributed by atoms with E-state index in [-0.39, 0.29) is 5.41 Å². The quantitative estimate of drug-likeness (QED) is 0.181. The van der Waals surface area contributed by atoms with Crippen LogP contribution in [0.3, 0.4) is 0 Å². The van der Waals surface area contributed by atoms with E-state index < -0.39 is 0 Å². The second-order valence-electron chi connectivity index (χ2n) is 13.1. The summed E-state index contributed by atoms with van der Waals surface area (Å²) >= 11 is 1.93. The first-order valence-corrected chi connectivity index (χ1v) is 17.1. The third-order valence-corrected chi connectivity index (χ3v) is 12.2. The van der Waals surface area contributed by atoms with Gasteiger partial charge in [0.2, 0.25) is 0 Å². The van der Waals surface area contributed by atoms with Crippen molar-refractivity contribution in [1.29, 1.82) is 0 Å². The first-order chi connectivity index (χ1) is 22.8. The van der Waals surface area contributed by atoms with Crippen LogP contribution in [0.15, 0.2) is 155 Å². The molecular formula is C45H28S. The summed E-state index contributed by atoms with van der Waals surface area (Å²) in [5, 5.41) is 2.64. The Labute approximate surface area is 273 Å². The largest absolute Gasteiger partial charge is 0.0895 e. The molecule has 0 fully saturated rings. The van der Waals surface area contributed by atoms with E-state index in [1.54, 1.807) is 0 Å². The summed E-state index contributed by atoms with van der Waals surface area (Å²) in [5.41, 5.74) is 17.6. The lowest BCUT2D eigenvalue weighted by Crippen LogP contribution is -2.26. The van der Waals surface area contributed by atoms with Crippen LogP contribution in [-0.2, 0) is 5.41 Å². The lowest BCUT2D eigenvalue weighted by molar-refractivity contribution is 0.772. The fraction of sp³-hybridized carbons (Fsp3) is 0.0667. The third kappa shape index (κ3) is 3.07. The van der Waals surface area contributed by atoms with Crippen LogP contribution in [0.1, 0.15) is 51.3 Å². The molecule has 1 heteroatoms. The molecule has 0 N–H and O–H groups in total. The smallest absolute Gasteiger partial charge is 0.0731 e. The van der Waals surface area contributed by atoms with Gasteiger partial charge in [-0.2, -0.15) is 0 Å². The average Bonchev–Trinajstić information content (AvgIpc) is 3.59. The minimum Gasteiger partial charge on any atom is -0.0895 e. The van der Waals surface area contributed by atoms with E-state index in [1.165, 1.54) is 92.9 Å². The van der Waals surface area contributed by atoms with E-state index in [2.05, 4.69) is 152 Å². The van der Waals surface area contributed by atoms with Gasteiger partial charge in [-0.3, -0.25) is 0 Å². The van der Waals surface area contributed by atoms with Crippen molar-refractivity contribution in [3.05, 3.63) is 185 Å². The number of benzene rings is 7. The molecule has 0 saturated carbocycles. The Morgan fingerprint density at radius 1 is 0.543 bits per heavy atom. The number of allylic oxidation sites excluding steroid dienone is 1. The van der Waals surface area contributed by atoms with Crippen molar-refractivity contribution < 1.29 is 0 Å². The number of hydrogen-bond acceptors (Lipinski definition) is 1. The van der Waals surface area contributed by atoms with Crippen LogP contribution in [0.25, 0.3) is 50.2 Å². The molecular weight excluding hydrogens is 573 g/mol. The van der Waals surface area contributed by atoms with E-state index in [4.69, 9.17) is 0 Å². The zero-order chi connectivity index (χ0) is 30.0. The molecule has 0 saturated heterocycles. The van der Waals surface area contributed by atoms with E-state index in [1.807, 2.05) is 11.8 Å². The molecule has 1 aliphatic heterocycles. The van der Waals surface area contributed by atoms with Gasteiger partial charge >= 0.3 is 0 Å². The molecule has 1 heterocycles. The minimum atomic E-state index is -0.374. The van der Waals surface area contributed by atoms with Crippen molar-refractivity contribution in [3.8, 4) is 33.4 Å². The molecule has 7 aromatic rings. The summed E-state index contributed by atoms with van der Waals surface area (Å²) in [6.07, 6.45) is 5.73. The van der Waals surface area contributed by atoms with E-state index in [0.717, 1.165) is 6.42 Å². The molecule has 7 aromatic carbocycles. The highest BCUT2D eigenvalue weighted by Crippen LogP contribution is 2.64. The minimum absolute atomic E-state index is 0.374. The Balaban J connectivity index is 1.18. The van der Waals surface area contributed by atoms with Gasteiger partial charge in [-0.25, -0.2) is 0 Å². The summed E-state index contributed by atoms with van der Waals surface area (Å²) in [4.78, 5) is 2.80. The van der Waals surface area contributed by atoms with Crippen LogP contribution in [-0.4, -0.2) is 0 Å². The molecule has 1 spiro atoms. The molecule has 4 aliphatic rings. The lowest BCUT2D eigenvalue weighted by Gasteiger charge is -2.32. The van der Waals surface area contributed by atoms with Gasteiger partial charge in [0.1, 0.15) is 0 Å². The molecule has 0 aromatic heterocycles. The molecule has 0 nitrogen and oxygen atoms in total. The van der Waals surface area contributed by atoms with Crippen molar-refractivity contribution in [2.24, 2.45) is 0 Å². The second kappa shape index (κ2) is 9.00. The zero-order valence-corrected chi connectivity index (χ0v) is 25.9. The fourth-order valence-corrected chi connectivity index (χ4v) is 10.4. The van der Waals surface area contributed by atoms with Crippen molar-refractivity contribution in [2.45, 2.75) is 27.5 Å². The topological polar surface area (TPSA) is 0 Å². The van der Waals surface area contributed by atoms with Crippen molar-refractivity contribution in [1.82, 2.24) is 0 Å². The van der Waals surface area contributed by atoms with Gasteiger partial charge in [0, 0.05) is 15.7 Å². The standard InChI is InChI=1S/C45H28S/c1-2-12-31-27(9-1)19-23-36-33-14-4-6-17-39(33)45(44(31)36)38-16-5-3-13-32(38)34-22-20-30(26-40(34)45)29-21-24-41-37(25-29)35-15-7-10-28-11-8-18-42(46-41)43(28)35/h1-14,16-26,35H,15H2. The highest BCUT2D eigenvalue weighted by molar-refractivity contribution is 7.99. The molecule has 2 atom stereocenters. The lowest BCUT2D eigenvalue weighted by atomic mass is 9.69. The summed E-state index contributed by atoms with van der Waals surface area (Å²) in [6.45, 7) is 0. The number of fused-ring (bicyclic) bond motifs is 14. The Hall–Kier alpha value is -5.11. The SMILES string of the molecule is C1=Cc2cccc3c2C(C1)c1cc(-c2ccc4c(c2)C2(c5ccccc5-4)c4ccccc4-c4ccc5ccccc5c42)ccc1S3. The van der Waals surface area contributed by atoms with Crippen LogP contribution in [0.5, 0.6) is 0 Å².